The Kier molecular flexibility index (Phi) is 5.10. The van der Waals surface area contributed by atoms with Crippen LogP contribution in [0.1, 0.15) is 32.0 Å². The number of aromatic amines is 1. The van der Waals surface area contributed by atoms with Gasteiger partial charge in [0.05, 0.1) is 5.39 Å². The fourth-order valence-electron chi connectivity index (χ4n) is 3.39. The molecule has 4 aromatic rings. The van der Waals surface area contributed by atoms with Crippen molar-refractivity contribution in [2.24, 2.45) is 0 Å². The molecule has 0 saturated carbocycles. The van der Waals surface area contributed by atoms with Gasteiger partial charge in [-0.3, -0.25) is 5.10 Å². The molecule has 0 aliphatic carbocycles. The minimum Gasteiger partial charge on any atom is -0.383 e. The van der Waals surface area contributed by atoms with Crippen molar-refractivity contribution in [3.63, 3.8) is 0 Å². The first-order valence-corrected chi connectivity index (χ1v) is 10.1. The molecule has 0 spiro atoms. The number of anilines is 3. The van der Waals surface area contributed by atoms with E-state index in [-0.39, 0.29) is 11.4 Å². The van der Waals surface area contributed by atoms with Crippen LogP contribution in [-0.4, -0.2) is 21.2 Å². The highest BCUT2D eigenvalue weighted by molar-refractivity contribution is 6.02. The fraction of sp³-hybridized carbons (Fsp3) is 0.208. The van der Waals surface area contributed by atoms with Gasteiger partial charge < -0.3 is 16.4 Å². The Balaban J connectivity index is 1.61. The van der Waals surface area contributed by atoms with Gasteiger partial charge >= 0.3 is 6.03 Å². The molecule has 2 aromatic heterocycles. The number of aromatic nitrogens is 3. The number of H-pyrrole nitrogens is 1. The van der Waals surface area contributed by atoms with Crippen LogP contribution in [-0.2, 0) is 5.41 Å². The number of amides is 2. The molecule has 2 amide bonds. The second-order valence-corrected chi connectivity index (χ2v) is 8.61. The van der Waals surface area contributed by atoms with E-state index in [1.807, 2.05) is 55.5 Å². The molecule has 0 atom stereocenters. The number of carbonyl (C=O) groups excluding carboxylic acids is 1. The molecule has 0 aliphatic heterocycles. The zero-order valence-corrected chi connectivity index (χ0v) is 18.1. The Bertz CT molecular complexity index is 1250. The van der Waals surface area contributed by atoms with Gasteiger partial charge in [-0.2, -0.15) is 5.10 Å². The number of para-hydroxylation sites is 1. The number of hydrogen-bond acceptors (Lipinski definition) is 4. The predicted octanol–water partition coefficient (Wildman–Crippen LogP) is 5.46. The summed E-state index contributed by atoms with van der Waals surface area (Å²) in [6.07, 6.45) is 0. The molecule has 0 saturated heterocycles. The average molecular weight is 415 g/mol. The Morgan fingerprint density at radius 2 is 1.74 bits per heavy atom. The Hall–Kier alpha value is -3.87. The van der Waals surface area contributed by atoms with Crippen LogP contribution in [0.5, 0.6) is 0 Å². The quantitative estimate of drug-likeness (QED) is 0.357. The lowest BCUT2D eigenvalue weighted by atomic mass is 9.89. The smallest absolute Gasteiger partial charge is 0.323 e. The Morgan fingerprint density at radius 3 is 2.42 bits per heavy atom. The van der Waals surface area contributed by atoms with Crippen LogP contribution in [0.4, 0.5) is 22.0 Å². The van der Waals surface area contributed by atoms with Crippen molar-refractivity contribution in [2.75, 3.05) is 16.4 Å². The van der Waals surface area contributed by atoms with Gasteiger partial charge in [0, 0.05) is 22.5 Å². The molecule has 7 heteroatoms. The van der Waals surface area contributed by atoms with Gasteiger partial charge in [0.2, 0.25) is 0 Å². The van der Waals surface area contributed by atoms with Crippen LogP contribution >= 0.6 is 0 Å². The minimum absolute atomic E-state index is 0.133. The lowest BCUT2D eigenvalue weighted by Crippen LogP contribution is -2.19. The normalized spacial score (nSPS) is 11.5. The Morgan fingerprint density at radius 1 is 1.03 bits per heavy atom. The van der Waals surface area contributed by atoms with Crippen molar-refractivity contribution in [3.8, 4) is 11.1 Å². The van der Waals surface area contributed by atoms with Crippen molar-refractivity contribution in [3.05, 3.63) is 65.9 Å². The molecule has 0 aliphatic rings. The molecule has 158 valence electrons. The van der Waals surface area contributed by atoms with Crippen LogP contribution in [0, 0.1) is 6.92 Å². The second kappa shape index (κ2) is 7.75. The first-order valence-electron chi connectivity index (χ1n) is 10.1. The van der Waals surface area contributed by atoms with Crippen molar-refractivity contribution in [2.45, 2.75) is 33.1 Å². The number of urea groups is 1. The van der Waals surface area contributed by atoms with E-state index in [4.69, 9.17) is 5.73 Å². The minimum atomic E-state index is -0.289. The first kappa shape index (κ1) is 20.4. The molecule has 2 aromatic carbocycles. The third kappa shape index (κ3) is 4.21. The molecule has 0 radical (unpaired) electrons. The lowest BCUT2D eigenvalue weighted by Gasteiger charge is -2.19. The SMILES string of the molecule is Cc1ccccc1NC(=O)Nc1ccc(-c2cc(C(C)(C)C)nc3n[nH]c(N)c23)cc1. The van der Waals surface area contributed by atoms with E-state index in [9.17, 15) is 4.79 Å². The molecule has 7 nitrogen and oxygen atoms in total. The summed E-state index contributed by atoms with van der Waals surface area (Å²) in [6, 6.07) is 17.1. The summed E-state index contributed by atoms with van der Waals surface area (Å²) < 4.78 is 0. The molecule has 0 unspecified atom stereocenters. The summed E-state index contributed by atoms with van der Waals surface area (Å²) in [5.74, 6) is 0.484. The van der Waals surface area contributed by atoms with Gasteiger partial charge in [-0.15, -0.1) is 0 Å². The average Bonchev–Trinajstić information content (AvgIpc) is 3.10. The maximum absolute atomic E-state index is 12.4. The third-order valence-electron chi connectivity index (χ3n) is 5.17. The predicted molar refractivity (Wildman–Crippen MR) is 126 cm³/mol. The summed E-state index contributed by atoms with van der Waals surface area (Å²) in [4.78, 5) is 17.0. The highest BCUT2D eigenvalue weighted by Gasteiger charge is 2.21. The highest BCUT2D eigenvalue weighted by Crippen LogP contribution is 2.34. The van der Waals surface area contributed by atoms with Crippen LogP contribution in [0.2, 0.25) is 0 Å². The molecule has 2 heterocycles. The first-order chi connectivity index (χ1) is 14.7. The fourth-order valence-corrected chi connectivity index (χ4v) is 3.39. The molecular weight excluding hydrogens is 388 g/mol. The van der Waals surface area contributed by atoms with Gasteiger partial charge in [0.1, 0.15) is 5.82 Å². The van der Waals surface area contributed by atoms with Crippen molar-refractivity contribution >= 4 is 34.3 Å². The van der Waals surface area contributed by atoms with Gasteiger partial charge in [-0.05, 0) is 47.9 Å². The van der Waals surface area contributed by atoms with Crippen LogP contribution in [0.25, 0.3) is 22.2 Å². The number of nitrogen functional groups attached to an aromatic ring is 1. The van der Waals surface area contributed by atoms with Crippen molar-refractivity contribution < 1.29 is 4.79 Å². The summed E-state index contributed by atoms with van der Waals surface area (Å²) in [5.41, 5.74) is 11.9. The number of rotatable bonds is 3. The highest BCUT2D eigenvalue weighted by atomic mass is 16.2. The maximum atomic E-state index is 12.4. The summed E-state index contributed by atoms with van der Waals surface area (Å²) in [7, 11) is 0. The van der Waals surface area contributed by atoms with Gasteiger partial charge in [-0.1, -0.05) is 51.1 Å². The van der Waals surface area contributed by atoms with Gasteiger partial charge in [0.25, 0.3) is 0 Å². The van der Waals surface area contributed by atoms with E-state index in [1.54, 1.807) is 0 Å². The van der Waals surface area contributed by atoms with Crippen molar-refractivity contribution in [1.29, 1.82) is 0 Å². The molecule has 0 bridgehead atoms. The van der Waals surface area contributed by atoms with E-state index in [1.165, 1.54) is 0 Å². The number of carbonyl (C=O) groups is 1. The van der Waals surface area contributed by atoms with E-state index >= 15 is 0 Å². The molecule has 5 N–H and O–H groups in total. The summed E-state index contributed by atoms with van der Waals surface area (Å²) >= 11 is 0. The van der Waals surface area contributed by atoms with Crippen LogP contribution in [0.3, 0.4) is 0 Å². The van der Waals surface area contributed by atoms with Crippen LogP contribution < -0.4 is 16.4 Å². The van der Waals surface area contributed by atoms with Gasteiger partial charge in [0.15, 0.2) is 5.65 Å². The molecule has 31 heavy (non-hydrogen) atoms. The van der Waals surface area contributed by atoms with Gasteiger partial charge in [-0.25, -0.2) is 9.78 Å². The topological polar surface area (TPSA) is 109 Å². The van der Waals surface area contributed by atoms with Crippen LogP contribution in [0.15, 0.2) is 54.6 Å². The summed E-state index contributed by atoms with van der Waals surface area (Å²) in [6.45, 7) is 8.29. The number of aryl methyl sites for hydroxylation is 1. The number of benzene rings is 2. The number of hydrogen-bond donors (Lipinski definition) is 4. The molecule has 0 fully saturated rings. The second-order valence-electron chi connectivity index (χ2n) is 8.61. The van der Waals surface area contributed by atoms with E-state index in [2.05, 4.69) is 52.7 Å². The van der Waals surface area contributed by atoms with E-state index in [0.29, 0.717) is 17.2 Å². The number of nitrogens with one attached hydrogen (secondary N) is 3. The summed E-state index contributed by atoms with van der Waals surface area (Å²) in [5, 5.41) is 13.6. The lowest BCUT2D eigenvalue weighted by molar-refractivity contribution is 0.262. The largest absolute Gasteiger partial charge is 0.383 e. The zero-order chi connectivity index (χ0) is 22.2. The number of pyridine rings is 1. The molecular formula is C24H26N6O. The zero-order valence-electron chi connectivity index (χ0n) is 18.1. The standard InChI is InChI=1S/C24H26N6O/c1-14-7-5-6-8-18(14)27-23(31)26-16-11-9-15(10-12-16)17-13-19(24(2,3)4)28-22-20(17)21(25)29-30-22/h5-13H,1-4H3,(H2,26,27,31)(H3,25,28,29,30). The number of fused-ring (bicyclic) bond motifs is 1. The Labute approximate surface area is 181 Å². The maximum Gasteiger partial charge on any atom is 0.323 e. The molecule has 4 rings (SSSR count). The number of nitrogens with zero attached hydrogens (tertiary/aromatic N) is 2. The van der Waals surface area contributed by atoms with E-state index in [0.717, 1.165) is 33.5 Å². The van der Waals surface area contributed by atoms with Crippen molar-refractivity contribution in [1.82, 2.24) is 15.2 Å². The third-order valence-corrected chi connectivity index (χ3v) is 5.17. The van der Waals surface area contributed by atoms with E-state index < -0.39 is 0 Å². The monoisotopic (exact) mass is 414 g/mol. The number of nitrogens with two attached hydrogens (primary N) is 1.